The zero-order valence-corrected chi connectivity index (χ0v) is 11.0. The number of hydrogen-bond donors (Lipinski definition) is 1. The molecule has 1 heterocycles. The Bertz CT molecular complexity index is 487. The highest BCUT2D eigenvalue weighted by Crippen LogP contribution is 2.57. The third-order valence-electron chi connectivity index (χ3n) is 4.60. The monoisotopic (exact) mass is 270 g/mol. The molecule has 0 radical (unpaired) electrons. The summed E-state index contributed by atoms with van der Waals surface area (Å²) in [7, 11) is 1.54. The number of likely N-dealkylation sites (N-methyl/N-ethyl adjacent to an activating group) is 1. The van der Waals surface area contributed by atoms with Crippen LogP contribution in [0.15, 0.2) is 30.3 Å². The van der Waals surface area contributed by atoms with Crippen LogP contribution in [0.1, 0.15) is 24.8 Å². The van der Waals surface area contributed by atoms with E-state index in [0.717, 1.165) is 12.0 Å². The summed E-state index contributed by atoms with van der Waals surface area (Å²) in [5, 5.41) is 2.86. The second-order valence-corrected chi connectivity index (χ2v) is 5.87. The predicted octanol–water partition coefficient (Wildman–Crippen LogP) is 2.73. The Labute approximate surface area is 110 Å². The van der Waals surface area contributed by atoms with Crippen molar-refractivity contribution in [2.75, 3.05) is 13.6 Å². The van der Waals surface area contributed by atoms with Gasteiger partial charge in [-0.25, -0.2) is 0 Å². The fourth-order valence-electron chi connectivity index (χ4n) is 3.23. The van der Waals surface area contributed by atoms with Crippen molar-refractivity contribution < 1.29 is 13.2 Å². The topological polar surface area (TPSA) is 15.3 Å². The summed E-state index contributed by atoms with van der Waals surface area (Å²) in [4.78, 5) is 1.38. The number of alkyl halides is 3. The van der Waals surface area contributed by atoms with Crippen molar-refractivity contribution in [2.24, 2.45) is 0 Å². The summed E-state index contributed by atoms with van der Waals surface area (Å²) >= 11 is 0. The first-order valence-electron chi connectivity index (χ1n) is 6.41. The molecular formula is C14H17F3N2. The second kappa shape index (κ2) is 3.73. The zero-order chi connectivity index (χ0) is 13.9. The smallest absolute Gasteiger partial charge is 0.284 e. The lowest BCUT2D eigenvalue weighted by molar-refractivity contribution is -0.221. The molecule has 2 fully saturated rings. The average Bonchev–Trinajstić information content (AvgIpc) is 2.94. The molecule has 5 heteroatoms. The number of nitrogens with one attached hydrogen (secondary N) is 1. The Morgan fingerprint density at radius 3 is 2.42 bits per heavy atom. The van der Waals surface area contributed by atoms with Crippen LogP contribution in [0.3, 0.4) is 0 Å². The maximum atomic E-state index is 13.2. The molecule has 104 valence electrons. The minimum atomic E-state index is -4.27. The van der Waals surface area contributed by atoms with Crippen LogP contribution in [0.2, 0.25) is 0 Å². The van der Waals surface area contributed by atoms with Gasteiger partial charge in [0, 0.05) is 18.0 Å². The van der Waals surface area contributed by atoms with Crippen molar-refractivity contribution >= 4 is 0 Å². The standard InChI is InChI=1S/C14H17F3N2/c1-12(14(15,16)17)18-13(9-19(12)2)8-11(13)10-6-4-3-5-7-10/h3-7,11,18H,8-9H2,1-2H3/t11-,12-,13+/m1/s1. The largest absolute Gasteiger partial charge is 0.419 e. The van der Waals surface area contributed by atoms with Gasteiger partial charge in [-0.05, 0) is 26.0 Å². The lowest BCUT2D eigenvalue weighted by Crippen LogP contribution is -2.59. The van der Waals surface area contributed by atoms with Gasteiger partial charge in [-0.2, -0.15) is 13.2 Å². The van der Waals surface area contributed by atoms with Gasteiger partial charge in [-0.1, -0.05) is 30.3 Å². The number of nitrogens with zero attached hydrogens (tertiary/aromatic N) is 1. The van der Waals surface area contributed by atoms with Crippen LogP contribution in [-0.4, -0.2) is 35.9 Å². The number of benzene rings is 1. The molecule has 0 amide bonds. The molecule has 1 N–H and O–H groups in total. The van der Waals surface area contributed by atoms with Gasteiger partial charge in [0.25, 0.3) is 0 Å². The van der Waals surface area contributed by atoms with Crippen molar-refractivity contribution in [2.45, 2.75) is 36.6 Å². The van der Waals surface area contributed by atoms with Gasteiger partial charge < -0.3 is 0 Å². The molecule has 19 heavy (non-hydrogen) atoms. The van der Waals surface area contributed by atoms with Crippen molar-refractivity contribution in [3.8, 4) is 0 Å². The average molecular weight is 270 g/mol. The fraction of sp³-hybridized carbons (Fsp3) is 0.571. The van der Waals surface area contributed by atoms with E-state index >= 15 is 0 Å². The molecule has 2 nitrogen and oxygen atoms in total. The maximum Gasteiger partial charge on any atom is 0.419 e. The van der Waals surface area contributed by atoms with E-state index in [1.165, 1.54) is 18.9 Å². The van der Waals surface area contributed by atoms with Gasteiger partial charge in [0.2, 0.25) is 0 Å². The van der Waals surface area contributed by atoms with Gasteiger partial charge in [0.05, 0.1) is 0 Å². The Balaban J connectivity index is 1.84. The first kappa shape index (κ1) is 12.9. The molecule has 0 unspecified atom stereocenters. The molecule has 1 aromatic rings. The Hall–Kier alpha value is -1.07. The van der Waals surface area contributed by atoms with Gasteiger partial charge in [-0.3, -0.25) is 10.2 Å². The molecule has 1 spiro atoms. The van der Waals surface area contributed by atoms with Crippen LogP contribution in [0.4, 0.5) is 13.2 Å². The maximum absolute atomic E-state index is 13.2. The molecule has 3 atom stereocenters. The zero-order valence-electron chi connectivity index (χ0n) is 11.0. The van der Waals surface area contributed by atoms with Crippen LogP contribution in [-0.2, 0) is 0 Å². The van der Waals surface area contributed by atoms with Crippen molar-refractivity contribution in [3.05, 3.63) is 35.9 Å². The first-order valence-corrected chi connectivity index (χ1v) is 6.41. The molecule has 2 aliphatic rings. The van der Waals surface area contributed by atoms with Gasteiger partial charge >= 0.3 is 6.18 Å². The molecule has 0 bridgehead atoms. The predicted molar refractivity (Wildman–Crippen MR) is 66.8 cm³/mol. The van der Waals surface area contributed by atoms with Crippen LogP contribution in [0, 0.1) is 0 Å². The molecule has 3 rings (SSSR count). The van der Waals surface area contributed by atoms with Crippen LogP contribution in [0.25, 0.3) is 0 Å². The minimum absolute atomic E-state index is 0.181. The Morgan fingerprint density at radius 1 is 1.26 bits per heavy atom. The van der Waals surface area contributed by atoms with Crippen LogP contribution < -0.4 is 5.32 Å². The van der Waals surface area contributed by atoms with Crippen molar-refractivity contribution in [1.82, 2.24) is 10.2 Å². The highest BCUT2D eigenvalue weighted by atomic mass is 19.4. The Morgan fingerprint density at radius 2 is 1.89 bits per heavy atom. The molecule has 1 aliphatic carbocycles. The SMILES string of the molecule is CN1C[C@]2(C[C@@H]2c2ccccc2)N[C@@]1(C)C(F)(F)F. The van der Waals surface area contributed by atoms with Crippen molar-refractivity contribution in [1.29, 1.82) is 0 Å². The van der Waals surface area contributed by atoms with Gasteiger partial charge in [-0.15, -0.1) is 0 Å². The third-order valence-corrected chi connectivity index (χ3v) is 4.60. The molecule has 1 saturated heterocycles. The van der Waals surface area contributed by atoms with Crippen molar-refractivity contribution in [3.63, 3.8) is 0 Å². The van der Waals surface area contributed by atoms with E-state index in [-0.39, 0.29) is 5.92 Å². The fourth-order valence-corrected chi connectivity index (χ4v) is 3.23. The first-order chi connectivity index (χ1) is 8.79. The number of hydrogen-bond acceptors (Lipinski definition) is 2. The van der Waals surface area contributed by atoms with Gasteiger partial charge in [0.15, 0.2) is 5.66 Å². The van der Waals surface area contributed by atoms with E-state index in [4.69, 9.17) is 0 Å². The molecule has 1 aliphatic heterocycles. The highest BCUT2D eigenvalue weighted by molar-refractivity contribution is 5.36. The molecule has 1 saturated carbocycles. The summed E-state index contributed by atoms with van der Waals surface area (Å²) in [6.45, 7) is 1.66. The van der Waals surface area contributed by atoms with E-state index in [1.54, 1.807) is 0 Å². The Kier molecular flexibility index (Phi) is 2.54. The lowest BCUT2D eigenvalue weighted by atomic mass is 10.1. The quantitative estimate of drug-likeness (QED) is 0.844. The minimum Gasteiger partial charge on any atom is -0.284 e. The van der Waals surface area contributed by atoms with E-state index in [1.807, 2.05) is 30.3 Å². The summed E-state index contributed by atoms with van der Waals surface area (Å²) in [6.07, 6.45) is -3.50. The summed E-state index contributed by atoms with van der Waals surface area (Å²) < 4.78 is 39.6. The highest BCUT2D eigenvalue weighted by Gasteiger charge is 2.69. The molecular weight excluding hydrogens is 253 g/mol. The summed E-state index contributed by atoms with van der Waals surface area (Å²) in [5.41, 5.74) is -1.22. The third kappa shape index (κ3) is 1.79. The summed E-state index contributed by atoms with van der Waals surface area (Å²) in [5.74, 6) is 0.181. The second-order valence-electron chi connectivity index (χ2n) is 5.87. The van der Waals surface area contributed by atoms with Crippen LogP contribution in [0.5, 0.6) is 0 Å². The van der Waals surface area contributed by atoms with E-state index in [2.05, 4.69) is 5.32 Å². The van der Waals surface area contributed by atoms with E-state index < -0.39 is 17.4 Å². The van der Waals surface area contributed by atoms with Gasteiger partial charge in [0.1, 0.15) is 0 Å². The number of rotatable bonds is 1. The van der Waals surface area contributed by atoms with E-state index in [0.29, 0.717) is 6.54 Å². The molecule has 1 aromatic carbocycles. The van der Waals surface area contributed by atoms with E-state index in [9.17, 15) is 13.2 Å². The normalized spacial score (nSPS) is 38.9. The summed E-state index contributed by atoms with van der Waals surface area (Å²) in [6, 6.07) is 9.77. The molecule has 0 aromatic heterocycles. The van der Waals surface area contributed by atoms with Crippen LogP contribution >= 0.6 is 0 Å². The number of halogens is 3. The lowest BCUT2D eigenvalue weighted by Gasteiger charge is -2.34.